The Morgan fingerprint density at radius 3 is 2.66 bits per heavy atom. The molecule has 9 nitrogen and oxygen atoms in total. The van der Waals surface area contributed by atoms with E-state index in [2.05, 4.69) is 17.0 Å². The molecule has 2 aromatic rings. The van der Waals surface area contributed by atoms with Gasteiger partial charge >= 0.3 is 5.97 Å². The van der Waals surface area contributed by atoms with Crippen molar-refractivity contribution in [3.63, 3.8) is 0 Å². The number of nitro groups is 1. The summed E-state index contributed by atoms with van der Waals surface area (Å²) >= 11 is 0. The molecular weight excluding hydrogens is 414 g/mol. The van der Waals surface area contributed by atoms with Gasteiger partial charge in [0.15, 0.2) is 0 Å². The fourth-order valence-corrected chi connectivity index (χ4v) is 3.11. The lowest BCUT2D eigenvalue weighted by Gasteiger charge is -2.23. The number of nitrogens with one attached hydrogen (secondary N) is 1. The van der Waals surface area contributed by atoms with E-state index in [4.69, 9.17) is 0 Å². The molecule has 3 rings (SSSR count). The third kappa shape index (κ3) is 5.07. The number of carbonyl (C=O) groups excluding carboxylic acids is 3. The van der Waals surface area contributed by atoms with E-state index < -0.39 is 16.8 Å². The summed E-state index contributed by atoms with van der Waals surface area (Å²) in [6, 6.07) is 10.9. The van der Waals surface area contributed by atoms with Gasteiger partial charge in [-0.1, -0.05) is 30.3 Å². The number of nitrogens with zero attached hydrogens (tertiary/aromatic N) is 2. The minimum absolute atomic E-state index is 0.0102. The second kappa shape index (κ2) is 9.69. The summed E-state index contributed by atoms with van der Waals surface area (Å²) in [5.41, 5.74) is 1.22. The Morgan fingerprint density at radius 2 is 1.97 bits per heavy atom. The summed E-state index contributed by atoms with van der Waals surface area (Å²) in [4.78, 5) is 49.2. The van der Waals surface area contributed by atoms with Gasteiger partial charge in [0, 0.05) is 23.4 Å². The second-order valence-electron chi connectivity index (χ2n) is 6.94. The number of nitro benzene ring substituents is 1. The molecule has 163 valence electrons. The minimum Gasteiger partial charge on any atom is -0.469 e. The number of benzene rings is 2. The number of allylic oxidation sites excluding steroid dienone is 2. The fourth-order valence-electron chi connectivity index (χ4n) is 3.11. The molecule has 1 aliphatic rings. The van der Waals surface area contributed by atoms with Gasteiger partial charge in [-0.05, 0) is 36.3 Å². The van der Waals surface area contributed by atoms with Crippen LogP contribution >= 0.6 is 0 Å². The van der Waals surface area contributed by atoms with Gasteiger partial charge in [0.1, 0.15) is 5.69 Å². The standard InChI is InChI=1S/C23H20N3O6/c1-15-6-3-4-8-18(15)23(29)25-11-5-7-17(14-25)22(28)24-19-10-9-16(13-21(27)32-2)12-20(19)26(30)31/h3-12H,1,13-14H2,2H3,(H,24,28). The van der Waals surface area contributed by atoms with Crippen molar-refractivity contribution in [3.8, 4) is 0 Å². The van der Waals surface area contributed by atoms with Gasteiger partial charge in [-0.25, -0.2) is 0 Å². The first-order valence-electron chi connectivity index (χ1n) is 9.55. The molecule has 0 atom stereocenters. The Bertz CT molecular complexity index is 1150. The zero-order chi connectivity index (χ0) is 23.3. The zero-order valence-corrected chi connectivity index (χ0v) is 17.2. The molecule has 32 heavy (non-hydrogen) atoms. The zero-order valence-electron chi connectivity index (χ0n) is 17.2. The number of rotatable bonds is 6. The largest absolute Gasteiger partial charge is 0.469 e. The summed E-state index contributed by atoms with van der Waals surface area (Å²) in [6.07, 6.45) is 4.50. The van der Waals surface area contributed by atoms with Gasteiger partial charge in [-0.3, -0.25) is 24.5 Å². The lowest BCUT2D eigenvalue weighted by atomic mass is 10.1. The van der Waals surface area contributed by atoms with Crippen LogP contribution in [0.2, 0.25) is 0 Å². The fraction of sp³-hybridized carbons (Fsp3) is 0.130. The minimum atomic E-state index is -0.646. The first kappa shape index (κ1) is 22.4. The summed E-state index contributed by atoms with van der Waals surface area (Å²) in [5, 5.41) is 14.0. The van der Waals surface area contributed by atoms with Gasteiger partial charge in [-0.2, -0.15) is 0 Å². The van der Waals surface area contributed by atoms with E-state index in [1.165, 1.54) is 36.3 Å². The number of amides is 2. The quantitative estimate of drug-likeness (QED) is 0.424. The molecule has 0 aromatic heterocycles. The maximum atomic E-state index is 12.8. The molecule has 0 unspecified atom stereocenters. The molecule has 2 amide bonds. The van der Waals surface area contributed by atoms with Crippen LogP contribution in [0, 0.1) is 17.0 Å². The number of methoxy groups -OCH3 is 1. The van der Waals surface area contributed by atoms with Crippen LogP contribution in [0.1, 0.15) is 21.5 Å². The summed E-state index contributed by atoms with van der Waals surface area (Å²) < 4.78 is 4.57. The number of hydrogen-bond donors (Lipinski definition) is 1. The van der Waals surface area contributed by atoms with E-state index >= 15 is 0 Å². The average molecular weight is 434 g/mol. The lowest BCUT2D eigenvalue weighted by molar-refractivity contribution is -0.384. The lowest BCUT2D eigenvalue weighted by Crippen LogP contribution is -2.33. The van der Waals surface area contributed by atoms with Crippen molar-refractivity contribution in [3.05, 3.63) is 100 Å². The number of hydrogen-bond acceptors (Lipinski definition) is 6. The third-order valence-electron chi connectivity index (χ3n) is 4.79. The first-order chi connectivity index (χ1) is 15.3. The Morgan fingerprint density at radius 1 is 1.22 bits per heavy atom. The summed E-state index contributed by atoms with van der Waals surface area (Å²) in [6.45, 7) is 3.83. The molecule has 2 aromatic carbocycles. The molecule has 1 aliphatic heterocycles. The summed E-state index contributed by atoms with van der Waals surface area (Å²) in [7, 11) is 1.22. The van der Waals surface area contributed by atoms with Crippen molar-refractivity contribution in [2.45, 2.75) is 6.42 Å². The Labute approximate surface area is 184 Å². The summed E-state index contributed by atoms with van der Waals surface area (Å²) in [5.74, 6) is -1.44. The Hall–Kier alpha value is -4.27. The van der Waals surface area contributed by atoms with Gasteiger partial charge in [0.25, 0.3) is 17.5 Å². The molecule has 1 N–H and O–H groups in total. The first-order valence-corrected chi connectivity index (χ1v) is 9.55. The highest BCUT2D eigenvalue weighted by Gasteiger charge is 2.24. The van der Waals surface area contributed by atoms with Crippen LogP contribution < -0.4 is 5.32 Å². The highest BCUT2D eigenvalue weighted by atomic mass is 16.6. The van der Waals surface area contributed by atoms with Crippen molar-refractivity contribution < 1.29 is 24.0 Å². The van der Waals surface area contributed by atoms with Crippen LogP contribution in [-0.4, -0.2) is 41.3 Å². The Kier molecular flexibility index (Phi) is 6.79. The van der Waals surface area contributed by atoms with E-state index in [0.717, 1.165) is 0 Å². The number of anilines is 1. The van der Waals surface area contributed by atoms with Crippen molar-refractivity contribution in [1.82, 2.24) is 4.90 Å². The van der Waals surface area contributed by atoms with Crippen LogP contribution in [0.25, 0.3) is 0 Å². The number of esters is 1. The van der Waals surface area contributed by atoms with Crippen LogP contribution in [0.5, 0.6) is 0 Å². The maximum Gasteiger partial charge on any atom is 0.309 e. The van der Waals surface area contributed by atoms with Gasteiger partial charge < -0.3 is 15.0 Å². The molecule has 9 heteroatoms. The molecule has 0 aliphatic carbocycles. The molecule has 1 radical (unpaired) electrons. The van der Waals surface area contributed by atoms with E-state index in [1.54, 1.807) is 36.5 Å². The average Bonchev–Trinajstić information content (AvgIpc) is 2.79. The third-order valence-corrected chi connectivity index (χ3v) is 4.79. The van der Waals surface area contributed by atoms with Crippen molar-refractivity contribution in [2.75, 3.05) is 19.0 Å². The molecule has 0 saturated heterocycles. The van der Waals surface area contributed by atoms with E-state index in [9.17, 15) is 24.5 Å². The van der Waals surface area contributed by atoms with Gasteiger partial charge in [0.2, 0.25) is 0 Å². The molecule has 0 spiro atoms. The monoisotopic (exact) mass is 434 g/mol. The van der Waals surface area contributed by atoms with Gasteiger partial charge in [-0.15, -0.1) is 0 Å². The van der Waals surface area contributed by atoms with Crippen LogP contribution in [0.4, 0.5) is 11.4 Å². The SMILES string of the molecule is [CH2]c1ccccc1C(=O)N1C=CC=C(C(=O)Nc2ccc(CC(=O)OC)cc2[N+](=O)[O-])C1. The maximum absolute atomic E-state index is 12.8. The van der Waals surface area contributed by atoms with Crippen molar-refractivity contribution in [1.29, 1.82) is 0 Å². The van der Waals surface area contributed by atoms with Crippen LogP contribution in [0.15, 0.2) is 66.4 Å². The second-order valence-corrected chi connectivity index (χ2v) is 6.94. The van der Waals surface area contributed by atoms with Crippen molar-refractivity contribution in [2.24, 2.45) is 0 Å². The predicted octanol–water partition coefficient (Wildman–Crippen LogP) is 3.03. The highest BCUT2D eigenvalue weighted by Crippen LogP contribution is 2.27. The molecule has 0 fully saturated rings. The number of carbonyl (C=O) groups is 3. The van der Waals surface area contributed by atoms with Crippen LogP contribution in [0.3, 0.4) is 0 Å². The van der Waals surface area contributed by atoms with E-state index in [1.807, 2.05) is 0 Å². The van der Waals surface area contributed by atoms with E-state index in [-0.39, 0.29) is 35.8 Å². The van der Waals surface area contributed by atoms with E-state index in [0.29, 0.717) is 16.7 Å². The van der Waals surface area contributed by atoms with Crippen molar-refractivity contribution >= 4 is 29.2 Å². The Balaban J connectivity index is 1.76. The normalized spacial score (nSPS) is 12.7. The molecular formula is C23H20N3O6. The smallest absolute Gasteiger partial charge is 0.309 e. The predicted molar refractivity (Wildman–Crippen MR) is 117 cm³/mol. The van der Waals surface area contributed by atoms with Gasteiger partial charge in [0.05, 0.1) is 25.0 Å². The molecule has 0 saturated carbocycles. The highest BCUT2D eigenvalue weighted by molar-refractivity contribution is 6.06. The molecule has 1 heterocycles. The topological polar surface area (TPSA) is 119 Å². The molecule has 0 bridgehead atoms. The van der Waals surface area contributed by atoms with Crippen LogP contribution in [-0.2, 0) is 20.7 Å². The number of ether oxygens (including phenoxy) is 1.